The smallest absolute Gasteiger partial charge is 0.0566 e. The molecule has 1 aromatic heterocycles. The molecule has 3 aromatic rings. The van der Waals surface area contributed by atoms with E-state index in [1.54, 1.807) is 5.56 Å². The number of hydrogen-bond acceptors (Lipinski definition) is 1. The van der Waals surface area contributed by atoms with Crippen LogP contribution in [0.15, 0.2) is 42.5 Å². The van der Waals surface area contributed by atoms with Gasteiger partial charge in [-0.15, -0.1) is 12.4 Å². The maximum absolute atomic E-state index is 2.66. The topological polar surface area (TPSA) is 8.17 Å². The number of para-hydroxylation sites is 2. The van der Waals surface area contributed by atoms with Crippen molar-refractivity contribution >= 4 is 23.3 Å². The van der Waals surface area contributed by atoms with Gasteiger partial charge in [-0.05, 0) is 74.9 Å². The van der Waals surface area contributed by atoms with Gasteiger partial charge < -0.3 is 9.47 Å². The molecular weight excluding hydrogens is 352 g/mol. The highest BCUT2D eigenvalue weighted by Gasteiger charge is 2.22. The van der Waals surface area contributed by atoms with Gasteiger partial charge in [0.2, 0.25) is 0 Å². The van der Waals surface area contributed by atoms with Crippen LogP contribution in [-0.4, -0.2) is 29.1 Å². The van der Waals surface area contributed by atoms with E-state index in [-0.39, 0.29) is 12.4 Å². The maximum atomic E-state index is 2.66. The van der Waals surface area contributed by atoms with E-state index in [2.05, 4.69) is 58.9 Å². The van der Waals surface area contributed by atoms with Crippen molar-refractivity contribution < 1.29 is 0 Å². The van der Waals surface area contributed by atoms with Crippen LogP contribution >= 0.6 is 12.4 Å². The Bertz CT molecular complexity index is 950. The van der Waals surface area contributed by atoms with E-state index in [4.69, 9.17) is 0 Å². The minimum absolute atomic E-state index is 0. The predicted octanol–water partition coefficient (Wildman–Crippen LogP) is 5.49. The van der Waals surface area contributed by atoms with Crippen LogP contribution in [0.4, 0.5) is 0 Å². The second-order valence-corrected chi connectivity index (χ2v) is 7.99. The van der Waals surface area contributed by atoms with E-state index in [0.29, 0.717) is 0 Å². The molecule has 0 amide bonds. The first-order chi connectivity index (χ1) is 12.8. The predicted molar refractivity (Wildman–Crippen MR) is 117 cm³/mol. The Morgan fingerprint density at radius 2 is 1.59 bits per heavy atom. The Hall–Kier alpha value is -1.77. The normalized spacial score (nSPS) is 16.6. The zero-order valence-corrected chi connectivity index (χ0v) is 17.0. The van der Waals surface area contributed by atoms with Crippen molar-refractivity contribution in [1.29, 1.82) is 0 Å². The summed E-state index contributed by atoms with van der Waals surface area (Å²) in [5, 5.41) is 1.48. The molecule has 0 bridgehead atoms. The Morgan fingerprint density at radius 1 is 0.852 bits per heavy atom. The maximum Gasteiger partial charge on any atom is 0.0566 e. The number of aryl methyl sites for hydroxylation is 2. The van der Waals surface area contributed by atoms with Crippen molar-refractivity contribution in [2.24, 2.45) is 0 Å². The molecule has 0 atom stereocenters. The number of halogens is 1. The van der Waals surface area contributed by atoms with Gasteiger partial charge in [0.15, 0.2) is 0 Å². The summed E-state index contributed by atoms with van der Waals surface area (Å²) in [4.78, 5) is 2.66. The third kappa shape index (κ3) is 3.19. The summed E-state index contributed by atoms with van der Waals surface area (Å²) in [6.07, 6.45) is 7.61. The van der Waals surface area contributed by atoms with Crippen LogP contribution in [0.25, 0.3) is 16.6 Å². The summed E-state index contributed by atoms with van der Waals surface area (Å²) in [6.45, 7) is 6.10. The number of hydrogen-bond donors (Lipinski definition) is 0. The lowest BCUT2D eigenvalue weighted by Gasteiger charge is -2.26. The molecule has 27 heavy (non-hydrogen) atoms. The van der Waals surface area contributed by atoms with E-state index in [0.717, 1.165) is 12.8 Å². The molecule has 1 saturated heterocycles. The van der Waals surface area contributed by atoms with E-state index < -0.39 is 0 Å². The van der Waals surface area contributed by atoms with E-state index in [1.807, 2.05) is 0 Å². The first kappa shape index (κ1) is 18.6. The summed E-state index contributed by atoms with van der Waals surface area (Å²) in [5.74, 6) is 0. The molecule has 142 valence electrons. The molecule has 3 heteroatoms. The van der Waals surface area contributed by atoms with Gasteiger partial charge in [0.1, 0.15) is 0 Å². The van der Waals surface area contributed by atoms with Gasteiger partial charge in [-0.1, -0.05) is 42.8 Å². The van der Waals surface area contributed by atoms with Crippen LogP contribution in [0.1, 0.15) is 41.6 Å². The van der Waals surface area contributed by atoms with E-state index in [9.17, 15) is 0 Å². The summed E-state index contributed by atoms with van der Waals surface area (Å²) in [7, 11) is 0. The van der Waals surface area contributed by atoms with E-state index in [1.165, 1.54) is 78.7 Å². The van der Waals surface area contributed by atoms with Crippen LogP contribution in [-0.2, 0) is 19.3 Å². The molecule has 2 aliphatic rings. The molecule has 2 nitrogen and oxygen atoms in total. The minimum Gasteiger partial charge on any atom is -0.313 e. The van der Waals surface area contributed by atoms with Gasteiger partial charge in [-0.3, -0.25) is 0 Å². The highest BCUT2D eigenvalue weighted by atomic mass is 35.5. The lowest BCUT2D eigenvalue weighted by molar-refractivity contribution is 0.231. The fourth-order valence-corrected chi connectivity index (χ4v) is 5.08. The van der Waals surface area contributed by atoms with Gasteiger partial charge in [-0.25, -0.2) is 0 Å². The molecule has 5 rings (SSSR count). The van der Waals surface area contributed by atoms with Gasteiger partial charge >= 0.3 is 0 Å². The lowest BCUT2D eigenvalue weighted by Crippen LogP contribution is -2.31. The molecule has 0 unspecified atom stereocenters. The van der Waals surface area contributed by atoms with Gasteiger partial charge in [-0.2, -0.15) is 0 Å². The van der Waals surface area contributed by atoms with Crippen LogP contribution < -0.4 is 0 Å². The van der Waals surface area contributed by atoms with Crippen LogP contribution in [0.5, 0.6) is 0 Å². The van der Waals surface area contributed by atoms with Crippen molar-refractivity contribution in [3.8, 4) is 5.69 Å². The fourth-order valence-electron chi connectivity index (χ4n) is 5.08. The Labute approximate surface area is 168 Å². The van der Waals surface area contributed by atoms with E-state index >= 15 is 0 Å². The average Bonchev–Trinajstić information content (AvgIpc) is 2.86. The highest BCUT2D eigenvalue weighted by molar-refractivity contribution is 5.90. The zero-order valence-electron chi connectivity index (χ0n) is 16.2. The number of fused-ring (bicyclic) bond motifs is 2. The van der Waals surface area contributed by atoms with Crippen molar-refractivity contribution in [3.63, 3.8) is 0 Å². The molecule has 3 heterocycles. The molecule has 1 fully saturated rings. The summed E-state index contributed by atoms with van der Waals surface area (Å²) >= 11 is 0. The Kier molecular flexibility index (Phi) is 5.29. The molecule has 2 aliphatic heterocycles. The third-order valence-corrected chi connectivity index (χ3v) is 6.46. The third-order valence-electron chi connectivity index (χ3n) is 6.46. The van der Waals surface area contributed by atoms with Crippen LogP contribution in [0.2, 0.25) is 0 Å². The molecule has 0 aliphatic carbocycles. The SMILES string of the molecule is Cc1c(CCN2CCCCC2)c2cccc3c2n1-c1ccccc1CC3.Cl. The summed E-state index contributed by atoms with van der Waals surface area (Å²) in [6, 6.07) is 15.9. The largest absolute Gasteiger partial charge is 0.313 e. The Balaban J connectivity index is 0.00000180. The standard InChI is InChI=1S/C24H28N2.ClH/c1-18-21(14-17-25-15-5-2-6-16-25)22-10-7-9-20-13-12-19-8-3-4-11-23(19)26(18)24(20)22;/h3-4,7-11H,2,5-6,12-17H2,1H3;1H. The van der Waals surface area contributed by atoms with Gasteiger partial charge in [0.05, 0.1) is 5.52 Å². The van der Waals surface area contributed by atoms with Crippen molar-refractivity contribution in [2.75, 3.05) is 19.6 Å². The zero-order chi connectivity index (χ0) is 17.5. The Morgan fingerprint density at radius 3 is 2.44 bits per heavy atom. The molecule has 0 saturated carbocycles. The lowest BCUT2D eigenvalue weighted by atomic mass is 10.0. The number of likely N-dealkylation sites (tertiary alicyclic amines) is 1. The quantitative estimate of drug-likeness (QED) is 0.583. The average molecular weight is 381 g/mol. The van der Waals surface area contributed by atoms with Gasteiger partial charge in [0, 0.05) is 23.3 Å². The first-order valence-electron chi connectivity index (χ1n) is 10.3. The molecule has 0 radical (unpaired) electrons. The first-order valence-corrected chi connectivity index (χ1v) is 10.3. The minimum atomic E-state index is 0. The van der Waals surface area contributed by atoms with Crippen LogP contribution in [0, 0.1) is 6.92 Å². The van der Waals surface area contributed by atoms with Gasteiger partial charge in [0.25, 0.3) is 0 Å². The molecular formula is C24H29ClN2. The monoisotopic (exact) mass is 380 g/mol. The molecule has 2 aromatic carbocycles. The number of rotatable bonds is 3. The molecule has 0 spiro atoms. The number of aromatic nitrogens is 1. The fraction of sp³-hybridized carbons (Fsp3) is 0.417. The van der Waals surface area contributed by atoms with Crippen molar-refractivity contribution in [1.82, 2.24) is 9.47 Å². The van der Waals surface area contributed by atoms with Crippen molar-refractivity contribution in [2.45, 2.75) is 45.4 Å². The summed E-state index contributed by atoms with van der Waals surface area (Å²) in [5.41, 5.74) is 8.84. The second-order valence-electron chi connectivity index (χ2n) is 7.99. The highest BCUT2D eigenvalue weighted by Crippen LogP contribution is 2.36. The second kappa shape index (κ2) is 7.69. The van der Waals surface area contributed by atoms with Crippen LogP contribution in [0.3, 0.4) is 0 Å². The number of nitrogens with zero attached hydrogens (tertiary/aromatic N) is 2. The van der Waals surface area contributed by atoms with Crippen molar-refractivity contribution in [3.05, 3.63) is 64.8 Å². The molecule has 0 N–H and O–H groups in total. The summed E-state index contributed by atoms with van der Waals surface area (Å²) < 4.78 is 2.55. The number of piperidine rings is 1. The number of benzene rings is 2.